The molecule has 0 unspecified atom stereocenters. The average Bonchev–Trinajstić information content (AvgIpc) is 2.71. The molecule has 0 amide bonds. The van der Waals surface area contributed by atoms with E-state index in [9.17, 15) is 0 Å². The first kappa shape index (κ1) is 8.65. The van der Waals surface area contributed by atoms with Crippen LogP contribution in [0.3, 0.4) is 0 Å². The summed E-state index contributed by atoms with van der Waals surface area (Å²) in [7, 11) is 0. The van der Waals surface area contributed by atoms with Gasteiger partial charge in [-0.15, -0.1) is 11.3 Å². The summed E-state index contributed by atoms with van der Waals surface area (Å²) in [4.78, 5) is 2.67. The third-order valence-electron chi connectivity index (χ3n) is 1.60. The Morgan fingerprint density at radius 2 is 2.38 bits per heavy atom. The largest absolute Gasteiger partial charge is 0.363 e. The minimum Gasteiger partial charge on any atom is -0.363 e. The fourth-order valence-electron chi connectivity index (χ4n) is 1.00. The Morgan fingerprint density at radius 1 is 1.46 bits per heavy atom. The van der Waals surface area contributed by atoms with Crippen molar-refractivity contribution in [3.63, 3.8) is 0 Å². The molecule has 68 valence electrons. The monoisotopic (exact) mass is 211 g/mol. The number of hydrogen-bond acceptors (Lipinski definition) is 5. The molecule has 0 atom stereocenters. The Morgan fingerprint density at radius 3 is 3.00 bits per heavy atom. The van der Waals surface area contributed by atoms with Crippen molar-refractivity contribution < 1.29 is 0 Å². The molecule has 0 saturated carbocycles. The lowest BCUT2D eigenvalue weighted by Crippen LogP contribution is -1.96. The highest BCUT2D eigenvalue weighted by Crippen LogP contribution is 2.16. The van der Waals surface area contributed by atoms with Gasteiger partial charge >= 0.3 is 0 Å². The van der Waals surface area contributed by atoms with Gasteiger partial charge in [0.2, 0.25) is 0 Å². The third kappa shape index (κ3) is 2.26. The van der Waals surface area contributed by atoms with Crippen molar-refractivity contribution in [1.82, 2.24) is 8.75 Å². The second-order valence-corrected chi connectivity index (χ2v) is 4.59. The predicted molar refractivity (Wildman–Crippen MR) is 56.3 cm³/mol. The number of anilines is 1. The molecule has 0 aliphatic rings. The average molecular weight is 211 g/mol. The van der Waals surface area contributed by atoms with Gasteiger partial charge in [0.15, 0.2) is 5.82 Å². The van der Waals surface area contributed by atoms with E-state index in [1.807, 2.05) is 0 Å². The summed E-state index contributed by atoms with van der Waals surface area (Å²) in [5, 5.41) is 3.20. The molecule has 1 N–H and O–H groups in total. The van der Waals surface area contributed by atoms with E-state index in [1.54, 1.807) is 17.5 Å². The molecule has 0 aromatic carbocycles. The molecule has 0 spiro atoms. The summed E-state index contributed by atoms with van der Waals surface area (Å²) in [6, 6.07) is 4.26. The molecule has 2 heterocycles. The molecule has 2 aromatic heterocycles. The topological polar surface area (TPSA) is 37.8 Å². The molecule has 0 radical (unpaired) electrons. The Balaban J connectivity index is 1.93. The van der Waals surface area contributed by atoms with Crippen molar-refractivity contribution in [2.24, 2.45) is 0 Å². The molecule has 2 rings (SSSR count). The first-order valence-corrected chi connectivity index (χ1v) is 5.46. The number of nitrogens with one attached hydrogen (secondary N) is 1. The Labute approximate surface area is 84.8 Å². The molecule has 5 heteroatoms. The van der Waals surface area contributed by atoms with Crippen LogP contribution in [0.5, 0.6) is 0 Å². The van der Waals surface area contributed by atoms with Gasteiger partial charge in [0.1, 0.15) is 0 Å². The van der Waals surface area contributed by atoms with Gasteiger partial charge in [0.05, 0.1) is 24.5 Å². The molecule has 0 saturated heterocycles. The minimum absolute atomic E-state index is 0.837. The number of aromatic nitrogens is 2. The van der Waals surface area contributed by atoms with E-state index in [-0.39, 0.29) is 0 Å². The predicted octanol–water partition coefficient (Wildman–Crippen LogP) is 2.52. The Hall–Kier alpha value is -0.940. The molecule has 0 bridgehead atoms. The standard InChI is InChI=1S/C8H9N3S2/c1-6-2-3-7(12-6)4-9-8-5-10-13-11-8/h2-3,5H,4H2,1H3,(H,9,11). The van der Waals surface area contributed by atoms with Gasteiger partial charge in [0, 0.05) is 9.75 Å². The van der Waals surface area contributed by atoms with Crippen LogP contribution in [0.2, 0.25) is 0 Å². The maximum Gasteiger partial charge on any atom is 0.160 e. The van der Waals surface area contributed by atoms with Crippen molar-refractivity contribution in [2.45, 2.75) is 13.5 Å². The molecule has 0 aliphatic heterocycles. The van der Waals surface area contributed by atoms with E-state index in [1.165, 1.54) is 21.5 Å². The molecule has 2 aromatic rings. The number of aryl methyl sites for hydroxylation is 1. The third-order valence-corrected chi connectivity index (χ3v) is 3.08. The summed E-state index contributed by atoms with van der Waals surface area (Å²) >= 11 is 3.02. The van der Waals surface area contributed by atoms with Crippen LogP contribution in [0.1, 0.15) is 9.75 Å². The van der Waals surface area contributed by atoms with Crippen LogP contribution in [0.15, 0.2) is 18.3 Å². The van der Waals surface area contributed by atoms with E-state index in [4.69, 9.17) is 0 Å². The van der Waals surface area contributed by atoms with Crippen LogP contribution >= 0.6 is 23.1 Å². The highest BCUT2D eigenvalue weighted by molar-refractivity contribution is 7.11. The number of rotatable bonds is 3. The van der Waals surface area contributed by atoms with E-state index >= 15 is 0 Å². The first-order chi connectivity index (χ1) is 6.34. The van der Waals surface area contributed by atoms with Crippen LogP contribution in [-0.4, -0.2) is 8.75 Å². The van der Waals surface area contributed by atoms with Gasteiger partial charge in [-0.05, 0) is 19.1 Å². The summed E-state index contributed by atoms with van der Waals surface area (Å²) in [5.74, 6) is 0.857. The summed E-state index contributed by atoms with van der Waals surface area (Å²) in [6.45, 7) is 2.95. The van der Waals surface area contributed by atoms with Crippen molar-refractivity contribution in [3.05, 3.63) is 28.1 Å². The fourth-order valence-corrected chi connectivity index (χ4v) is 2.22. The zero-order chi connectivity index (χ0) is 9.10. The SMILES string of the molecule is Cc1ccc(CNc2cnsn2)s1. The zero-order valence-electron chi connectivity index (χ0n) is 7.15. The lowest BCUT2D eigenvalue weighted by molar-refractivity contribution is 1.17. The second-order valence-electron chi connectivity index (χ2n) is 2.66. The fraction of sp³-hybridized carbons (Fsp3) is 0.250. The van der Waals surface area contributed by atoms with Crippen LogP contribution < -0.4 is 5.32 Å². The zero-order valence-corrected chi connectivity index (χ0v) is 8.78. The van der Waals surface area contributed by atoms with Crippen molar-refractivity contribution >= 4 is 28.9 Å². The van der Waals surface area contributed by atoms with Gasteiger partial charge in [-0.1, -0.05) is 0 Å². The lowest BCUT2D eigenvalue weighted by atomic mass is 10.4. The van der Waals surface area contributed by atoms with E-state index in [0.29, 0.717) is 0 Å². The molecule has 13 heavy (non-hydrogen) atoms. The first-order valence-electron chi connectivity index (χ1n) is 3.91. The van der Waals surface area contributed by atoms with Crippen LogP contribution in [-0.2, 0) is 6.54 Å². The van der Waals surface area contributed by atoms with Crippen molar-refractivity contribution in [1.29, 1.82) is 0 Å². The highest BCUT2D eigenvalue weighted by atomic mass is 32.1. The molecular formula is C8H9N3S2. The van der Waals surface area contributed by atoms with Gasteiger partial charge in [-0.3, -0.25) is 0 Å². The van der Waals surface area contributed by atoms with Crippen LogP contribution in [0.25, 0.3) is 0 Å². The minimum atomic E-state index is 0.837. The molecule has 0 aliphatic carbocycles. The molecular weight excluding hydrogens is 202 g/mol. The van der Waals surface area contributed by atoms with Crippen LogP contribution in [0.4, 0.5) is 5.82 Å². The number of nitrogens with zero attached hydrogens (tertiary/aromatic N) is 2. The Kier molecular flexibility index (Phi) is 2.56. The van der Waals surface area contributed by atoms with Crippen molar-refractivity contribution in [2.75, 3.05) is 5.32 Å². The molecule has 0 fully saturated rings. The van der Waals surface area contributed by atoms with E-state index in [2.05, 4.69) is 33.1 Å². The van der Waals surface area contributed by atoms with Crippen molar-refractivity contribution in [3.8, 4) is 0 Å². The van der Waals surface area contributed by atoms with E-state index < -0.39 is 0 Å². The van der Waals surface area contributed by atoms with E-state index in [0.717, 1.165) is 12.4 Å². The maximum atomic E-state index is 4.06. The highest BCUT2D eigenvalue weighted by Gasteiger charge is 1.97. The summed E-state index contributed by atoms with van der Waals surface area (Å²) in [6.07, 6.45) is 1.74. The van der Waals surface area contributed by atoms with Gasteiger partial charge in [0.25, 0.3) is 0 Å². The normalized spacial score (nSPS) is 10.2. The summed E-state index contributed by atoms with van der Waals surface area (Å²) < 4.78 is 7.97. The Bertz CT molecular complexity index is 366. The van der Waals surface area contributed by atoms with Crippen LogP contribution in [0, 0.1) is 6.92 Å². The smallest absolute Gasteiger partial charge is 0.160 e. The van der Waals surface area contributed by atoms with Gasteiger partial charge in [-0.2, -0.15) is 8.75 Å². The lowest BCUT2D eigenvalue weighted by Gasteiger charge is -1.97. The summed E-state index contributed by atoms with van der Waals surface area (Å²) in [5.41, 5.74) is 0. The maximum absolute atomic E-state index is 4.06. The second kappa shape index (κ2) is 3.85. The molecule has 3 nitrogen and oxygen atoms in total. The number of hydrogen-bond donors (Lipinski definition) is 1. The number of thiophene rings is 1. The van der Waals surface area contributed by atoms with Gasteiger partial charge in [-0.25, -0.2) is 0 Å². The quantitative estimate of drug-likeness (QED) is 0.847. The van der Waals surface area contributed by atoms with Gasteiger partial charge < -0.3 is 5.32 Å².